The lowest BCUT2D eigenvalue weighted by Gasteiger charge is -2.22. The monoisotopic (exact) mass is 447 g/mol. The summed E-state index contributed by atoms with van der Waals surface area (Å²) in [6.45, 7) is 10.5. The molecule has 0 saturated carbocycles. The minimum absolute atomic E-state index is 0.243. The lowest BCUT2D eigenvalue weighted by atomic mass is 10.1. The van der Waals surface area contributed by atoms with Crippen molar-refractivity contribution < 1.29 is 8.78 Å². The zero-order valence-corrected chi connectivity index (χ0v) is 19.4. The van der Waals surface area contributed by atoms with E-state index in [0.29, 0.717) is 16.5 Å². The zero-order valence-electron chi connectivity index (χ0n) is 18.6. The molecule has 1 fully saturated rings. The van der Waals surface area contributed by atoms with Gasteiger partial charge in [0.15, 0.2) is 5.65 Å². The van der Waals surface area contributed by atoms with E-state index in [1.54, 1.807) is 11.8 Å². The number of nitrogens with zero attached hydrogens (tertiary/aromatic N) is 3. The summed E-state index contributed by atoms with van der Waals surface area (Å²) in [5.41, 5.74) is 2.95. The summed E-state index contributed by atoms with van der Waals surface area (Å²) in [6.07, 6.45) is 4.05. The molecule has 0 radical (unpaired) electrons. The van der Waals surface area contributed by atoms with Gasteiger partial charge >= 0.3 is 0 Å². The van der Waals surface area contributed by atoms with Crippen molar-refractivity contribution in [2.75, 3.05) is 18.4 Å². The molecule has 0 atom stereocenters. The Morgan fingerprint density at radius 1 is 1.19 bits per heavy atom. The van der Waals surface area contributed by atoms with E-state index in [9.17, 15) is 8.78 Å². The number of anilines is 1. The minimum Gasteiger partial charge on any atom is -0.378 e. The first-order chi connectivity index (χ1) is 15.0. The van der Waals surface area contributed by atoms with E-state index in [1.807, 2.05) is 30.6 Å². The summed E-state index contributed by atoms with van der Waals surface area (Å²) in [4.78, 5) is 4.54. The van der Waals surface area contributed by atoms with Crippen LogP contribution in [0, 0.1) is 11.6 Å². The van der Waals surface area contributed by atoms with Crippen LogP contribution in [-0.2, 0) is 6.54 Å². The lowest BCUT2D eigenvalue weighted by Crippen LogP contribution is -2.29. The van der Waals surface area contributed by atoms with Gasteiger partial charge in [0.1, 0.15) is 16.7 Å². The summed E-state index contributed by atoms with van der Waals surface area (Å²) < 4.78 is 29.1. The number of benzene rings is 1. The Bertz CT molecular complexity index is 999. The van der Waals surface area contributed by atoms with E-state index in [-0.39, 0.29) is 12.5 Å². The number of rotatable bonds is 6. The summed E-state index contributed by atoms with van der Waals surface area (Å²) in [6, 6.07) is 5.63. The highest BCUT2D eigenvalue weighted by Gasteiger charge is 2.19. The van der Waals surface area contributed by atoms with Crippen molar-refractivity contribution in [1.82, 2.24) is 19.9 Å². The molecule has 3 heterocycles. The molecule has 31 heavy (non-hydrogen) atoms. The maximum Gasteiger partial charge on any atom is 0.177 e. The molecule has 8 heteroatoms. The molecule has 1 aliphatic rings. The number of halogens is 2. The van der Waals surface area contributed by atoms with Crippen molar-refractivity contribution in [3.8, 4) is 0 Å². The number of hydrogen-bond donors (Lipinski definition) is 2. The van der Waals surface area contributed by atoms with Gasteiger partial charge < -0.3 is 10.6 Å². The maximum atomic E-state index is 14.0. The highest BCUT2D eigenvalue weighted by Crippen LogP contribution is 2.31. The van der Waals surface area contributed by atoms with E-state index >= 15 is 0 Å². The summed E-state index contributed by atoms with van der Waals surface area (Å²) in [7, 11) is 0. The predicted molar refractivity (Wildman–Crippen MR) is 124 cm³/mol. The number of nitrogens with one attached hydrogen (secondary N) is 2. The first-order valence-electron chi connectivity index (χ1n) is 10.9. The fourth-order valence-corrected chi connectivity index (χ4v) is 4.61. The summed E-state index contributed by atoms with van der Waals surface area (Å²) >= 11 is 1.78. The van der Waals surface area contributed by atoms with Crippen LogP contribution in [0.2, 0.25) is 0 Å². The molecule has 2 aromatic heterocycles. The molecule has 1 aliphatic heterocycles. The molecule has 1 aromatic carbocycles. The SMILES string of the molecule is CC.CC(C)c1cnc2c(NCc3ccc(F)cc3F)cc(SC3CCNCC3)nn12. The van der Waals surface area contributed by atoms with Crippen molar-refractivity contribution >= 4 is 23.1 Å². The molecule has 2 N–H and O–H groups in total. The Labute approximate surface area is 187 Å². The maximum absolute atomic E-state index is 14.0. The second kappa shape index (κ2) is 10.9. The molecule has 1 saturated heterocycles. The fraction of sp³-hybridized carbons (Fsp3) is 0.478. The largest absolute Gasteiger partial charge is 0.378 e. The molecule has 3 aromatic rings. The van der Waals surface area contributed by atoms with Gasteiger partial charge in [0.2, 0.25) is 0 Å². The van der Waals surface area contributed by atoms with Gasteiger partial charge in [-0.05, 0) is 44.0 Å². The molecule has 168 valence electrons. The topological polar surface area (TPSA) is 54.2 Å². The van der Waals surface area contributed by atoms with Gasteiger partial charge in [-0.3, -0.25) is 0 Å². The van der Waals surface area contributed by atoms with Crippen molar-refractivity contribution in [3.63, 3.8) is 0 Å². The molecule has 0 unspecified atom stereocenters. The van der Waals surface area contributed by atoms with Crippen LogP contribution in [0.15, 0.2) is 35.5 Å². The number of imidazole rings is 1. The molecule has 4 rings (SSSR count). The highest BCUT2D eigenvalue weighted by atomic mass is 32.2. The second-order valence-corrected chi connectivity index (χ2v) is 8.95. The molecular formula is C23H31F2N5S. The normalized spacial score (nSPS) is 14.5. The van der Waals surface area contributed by atoms with Crippen LogP contribution in [0.4, 0.5) is 14.5 Å². The Morgan fingerprint density at radius 3 is 2.61 bits per heavy atom. The fourth-order valence-electron chi connectivity index (χ4n) is 3.48. The van der Waals surface area contributed by atoms with Gasteiger partial charge in [-0.15, -0.1) is 11.8 Å². The van der Waals surface area contributed by atoms with Crippen molar-refractivity contribution in [3.05, 3.63) is 53.4 Å². The van der Waals surface area contributed by atoms with E-state index in [4.69, 9.17) is 5.10 Å². The Kier molecular flexibility index (Phi) is 8.26. The molecule has 0 bridgehead atoms. The van der Waals surface area contributed by atoms with E-state index in [1.165, 1.54) is 12.1 Å². The third-order valence-corrected chi connectivity index (χ3v) is 6.37. The van der Waals surface area contributed by atoms with Gasteiger partial charge in [-0.1, -0.05) is 33.8 Å². The number of hydrogen-bond acceptors (Lipinski definition) is 5. The van der Waals surface area contributed by atoms with Crippen LogP contribution in [0.25, 0.3) is 5.65 Å². The van der Waals surface area contributed by atoms with Crippen LogP contribution >= 0.6 is 11.8 Å². The average molecular weight is 448 g/mol. The molecule has 5 nitrogen and oxygen atoms in total. The summed E-state index contributed by atoms with van der Waals surface area (Å²) in [5, 5.41) is 12.9. The van der Waals surface area contributed by atoms with Crippen molar-refractivity contribution in [1.29, 1.82) is 0 Å². The Morgan fingerprint density at radius 2 is 1.94 bits per heavy atom. The van der Waals surface area contributed by atoms with Gasteiger partial charge in [0.25, 0.3) is 0 Å². The third-order valence-electron chi connectivity index (χ3n) is 5.12. The number of fused-ring (bicyclic) bond motifs is 1. The Hall–Kier alpha value is -2.19. The van der Waals surface area contributed by atoms with Crippen LogP contribution in [0.5, 0.6) is 0 Å². The van der Waals surface area contributed by atoms with Gasteiger partial charge in [-0.2, -0.15) is 5.10 Å². The van der Waals surface area contributed by atoms with Crippen molar-refractivity contribution in [2.24, 2.45) is 0 Å². The first-order valence-corrected chi connectivity index (χ1v) is 11.8. The minimum atomic E-state index is -0.576. The van der Waals surface area contributed by atoms with Crippen LogP contribution in [0.1, 0.15) is 57.7 Å². The van der Waals surface area contributed by atoms with Crippen LogP contribution < -0.4 is 10.6 Å². The van der Waals surface area contributed by atoms with Gasteiger partial charge in [0.05, 0.1) is 17.6 Å². The zero-order chi connectivity index (χ0) is 22.4. The quantitative estimate of drug-likeness (QED) is 0.514. The molecular weight excluding hydrogens is 416 g/mol. The van der Waals surface area contributed by atoms with Crippen LogP contribution in [0.3, 0.4) is 0 Å². The van der Waals surface area contributed by atoms with E-state index < -0.39 is 11.6 Å². The molecule has 0 spiro atoms. The first kappa shape index (κ1) is 23.5. The molecule has 0 aliphatic carbocycles. The van der Waals surface area contributed by atoms with E-state index in [2.05, 4.69) is 29.5 Å². The van der Waals surface area contributed by atoms with Crippen LogP contribution in [-0.4, -0.2) is 32.9 Å². The van der Waals surface area contributed by atoms with Gasteiger partial charge in [0, 0.05) is 23.4 Å². The van der Waals surface area contributed by atoms with Gasteiger partial charge in [-0.25, -0.2) is 18.3 Å². The Balaban J connectivity index is 0.00000132. The molecule has 0 amide bonds. The van der Waals surface area contributed by atoms with E-state index in [0.717, 1.165) is 48.4 Å². The third kappa shape index (κ3) is 5.74. The summed E-state index contributed by atoms with van der Waals surface area (Å²) in [5.74, 6) is -0.856. The average Bonchev–Trinajstić information content (AvgIpc) is 3.19. The number of thioether (sulfide) groups is 1. The lowest BCUT2D eigenvalue weighted by molar-refractivity contribution is 0.531. The highest BCUT2D eigenvalue weighted by molar-refractivity contribution is 7.99. The number of piperidine rings is 1. The standard InChI is InChI=1S/C21H25F2N5S.C2H6/c1-13(2)19-12-26-21-18(25-11-14-3-4-15(22)9-17(14)23)10-20(27-28(19)21)29-16-5-7-24-8-6-16;1-2/h3-4,9-10,12-13,16,24-25H,5-8,11H2,1-2H3;1-2H3. The smallest absolute Gasteiger partial charge is 0.177 e. The predicted octanol–water partition coefficient (Wildman–Crippen LogP) is 5.61. The second-order valence-electron chi connectivity index (χ2n) is 7.63. The van der Waals surface area contributed by atoms with Crippen molar-refractivity contribution in [2.45, 2.75) is 63.3 Å². The number of aromatic nitrogens is 3.